The highest BCUT2D eigenvalue weighted by Crippen LogP contribution is 2.27. The molecular weight excluding hydrogens is 254 g/mol. The second-order valence-electron chi connectivity index (χ2n) is 5.47. The first-order valence-electron chi connectivity index (χ1n) is 7.32. The maximum atomic E-state index is 11.7. The molecule has 110 valence electrons. The van der Waals surface area contributed by atoms with E-state index in [1.165, 1.54) is 6.42 Å². The molecule has 1 heterocycles. The predicted octanol–water partition coefficient (Wildman–Crippen LogP) is 1.62. The van der Waals surface area contributed by atoms with Gasteiger partial charge >= 0.3 is 6.03 Å². The lowest BCUT2D eigenvalue weighted by molar-refractivity contribution is 0.00720. The van der Waals surface area contributed by atoms with Crippen LogP contribution in [0.1, 0.15) is 37.8 Å². The second-order valence-corrected chi connectivity index (χ2v) is 5.47. The zero-order valence-corrected chi connectivity index (χ0v) is 11.8. The van der Waals surface area contributed by atoms with Gasteiger partial charge in [-0.3, -0.25) is 4.98 Å². The zero-order valence-electron chi connectivity index (χ0n) is 11.8. The maximum Gasteiger partial charge on any atom is 0.314 e. The highest BCUT2D eigenvalue weighted by atomic mass is 16.3. The number of hydrogen-bond acceptors (Lipinski definition) is 3. The summed E-state index contributed by atoms with van der Waals surface area (Å²) in [6.45, 7) is 0.879. The summed E-state index contributed by atoms with van der Waals surface area (Å²) in [6, 6.07) is 5.51. The molecule has 3 N–H and O–H groups in total. The van der Waals surface area contributed by atoms with Crippen molar-refractivity contribution in [2.45, 2.75) is 44.1 Å². The van der Waals surface area contributed by atoms with Crippen molar-refractivity contribution in [3.8, 4) is 0 Å². The molecule has 1 fully saturated rings. The van der Waals surface area contributed by atoms with Gasteiger partial charge in [-0.15, -0.1) is 0 Å². The summed E-state index contributed by atoms with van der Waals surface area (Å²) in [5, 5.41) is 15.8. The summed E-state index contributed by atoms with van der Waals surface area (Å²) in [5.74, 6) is 0. The van der Waals surface area contributed by atoms with E-state index in [9.17, 15) is 9.90 Å². The van der Waals surface area contributed by atoms with Crippen LogP contribution in [0, 0.1) is 0 Å². The van der Waals surface area contributed by atoms with E-state index in [0.29, 0.717) is 19.5 Å². The van der Waals surface area contributed by atoms with Crippen molar-refractivity contribution in [1.29, 1.82) is 0 Å². The van der Waals surface area contributed by atoms with Crippen LogP contribution in [0.25, 0.3) is 0 Å². The molecule has 1 aliphatic rings. The smallest absolute Gasteiger partial charge is 0.314 e. The highest BCUT2D eigenvalue weighted by molar-refractivity contribution is 5.73. The van der Waals surface area contributed by atoms with Gasteiger partial charge in [-0.25, -0.2) is 4.79 Å². The molecule has 1 saturated carbocycles. The van der Waals surface area contributed by atoms with Crippen LogP contribution in [-0.2, 0) is 6.42 Å². The Morgan fingerprint density at radius 3 is 2.75 bits per heavy atom. The molecule has 0 bridgehead atoms. The molecule has 0 spiro atoms. The van der Waals surface area contributed by atoms with Gasteiger partial charge in [0, 0.05) is 31.4 Å². The van der Waals surface area contributed by atoms with E-state index < -0.39 is 5.60 Å². The third kappa shape index (κ3) is 4.81. The van der Waals surface area contributed by atoms with Crippen LogP contribution >= 0.6 is 0 Å². The molecule has 20 heavy (non-hydrogen) atoms. The lowest BCUT2D eigenvalue weighted by Gasteiger charge is -2.32. The Morgan fingerprint density at radius 2 is 2.05 bits per heavy atom. The molecule has 0 radical (unpaired) electrons. The molecule has 0 aliphatic heterocycles. The largest absolute Gasteiger partial charge is 0.388 e. The summed E-state index contributed by atoms with van der Waals surface area (Å²) in [5.41, 5.74) is 0.245. The first-order chi connectivity index (χ1) is 9.68. The van der Waals surface area contributed by atoms with Crippen molar-refractivity contribution >= 4 is 6.03 Å². The van der Waals surface area contributed by atoms with Crippen molar-refractivity contribution in [2.75, 3.05) is 13.1 Å². The zero-order chi connectivity index (χ0) is 14.3. The minimum atomic E-state index is -0.712. The van der Waals surface area contributed by atoms with E-state index >= 15 is 0 Å². The minimum absolute atomic E-state index is 0.222. The Labute approximate surface area is 119 Å². The Kier molecular flexibility index (Phi) is 5.35. The van der Waals surface area contributed by atoms with Gasteiger partial charge in [0.2, 0.25) is 0 Å². The maximum absolute atomic E-state index is 11.7. The van der Waals surface area contributed by atoms with E-state index in [1.54, 1.807) is 6.20 Å². The van der Waals surface area contributed by atoms with Gasteiger partial charge in [0.25, 0.3) is 0 Å². The van der Waals surface area contributed by atoms with E-state index in [0.717, 1.165) is 31.4 Å². The molecule has 0 unspecified atom stereocenters. The van der Waals surface area contributed by atoms with Crippen molar-refractivity contribution in [1.82, 2.24) is 15.6 Å². The summed E-state index contributed by atoms with van der Waals surface area (Å²) in [4.78, 5) is 15.9. The summed E-state index contributed by atoms with van der Waals surface area (Å²) in [6.07, 6.45) is 7.27. The number of hydrogen-bond donors (Lipinski definition) is 3. The molecule has 5 heteroatoms. The molecular formula is C15H23N3O2. The quantitative estimate of drug-likeness (QED) is 0.765. The normalized spacial score (nSPS) is 17.4. The Bertz CT molecular complexity index is 416. The van der Waals surface area contributed by atoms with Crippen LogP contribution in [0.5, 0.6) is 0 Å². The van der Waals surface area contributed by atoms with Crippen molar-refractivity contribution < 1.29 is 9.90 Å². The van der Waals surface area contributed by atoms with Gasteiger partial charge in [0.05, 0.1) is 5.60 Å². The number of urea groups is 1. The van der Waals surface area contributed by atoms with Crippen LogP contribution in [0.4, 0.5) is 4.79 Å². The molecule has 1 aromatic rings. The highest BCUT2D eigenvalue weighted by Gasteiger charge is 2.29. The molecule has 5 nitrogen and oxygen atoms in total. The van der Waals surface area contributed by atoms with E-state index in [1.807, 2.05) is 18.2 Å². The monoisotopic (exact) mass is 277 g/mol. The van der Waals surface area contributed by atoms with Gasteiger partial charge < -0.3 is 15.7 Å². The fourth-order valence-electron chi connectivity index (χ4n) is 2.54. The minimum Gasteiger partial charge on any atom is -0.388 e. The lowest BCUT2D eigenvalue weighted by Crippen LogP contribution is -2.47. The second kappa shape index (κ2) is 7.24. The summed E-state index contributed by atoms with van der Waals surface area (Å²) < 4.78 is 0. The van der Waals surface area contributed by atoms with Crippen LogP contribution in [0.15, 0.2) is 24.4 Å². The van der Waals surface area contributed by atoms with Crippen LogP contribution < -0.4 is 10.6 Å². The van der Waals surface area contributed by atoms with Gasteiger partial charge in [-0.05, 0) is 25.0 Å². The third-order valence-electron chi connectivity index (χ3n) is 3.76. The van der Waals surface area contributed by atoms with Crippen LogP contribution in [0.2, 0.25) is 0 Å². The average Bonchev–Trinajstić information content (AvgIpc) is 2.47. The topological polar surface area (TPSA) is 74.2 Å². The Balaban J connectivity index is 1.63. The predicted molar refractivity (Wildman–Crippen MR) is 77.4 cm³/mol. The number of amides is 2. The number of aromatic nitrogens is 1. The van der Waals surface area contributed by atoms with Gasteiger partial charge in [0.1, 0.15) is 0 Å². The summed E-state index contributed by atoms with van der Waals surface area (Å²) in [7, 11) is 0. The van der Waals surface area contributed by atoms with Gasteiger partial charge in [-0.2, -0.15) is 0 Å². The number of rotatable bonds is 5. The molecule has 0 aromatic carbocycles. The van der Waals surface area contributed by atoms with Crippen molar-refractivity contribution in [3.63, 3.8) is 0 Å². The third-order valence-corrected chi connectivity index (χ3v) is 3.76. The molecule has 1 aromatic heterocycles. The first kappa shape index (κ1) is 14.8. The summed E-state index contributed by atoms with van der Waals surface area (Å²) >= 11 is 0. The molecule has 1 aliphatic carbocycles. The van der Waals surface area contributed by atoms with Crippen LogP contribution in [0.3, 0.4) is 0 Å². The molecule has 2 amide bonds. The number of aliphatic hydroxyl groups is 1. The number of carbonyl (C=O) groups excluding carboxylic acids is 1. The average molecular weight is 277 g/mol. The number of pyridine rings is 1. The van der Waals surface area contributed by atoms with Crippen molar-refractivity contribution in [3.05, 3.63) is 30.1 Å². The fraction of sp³-hybridized carbons (Fsp3) is 0.600. The van der Waals surface area contributed by atoms with E-state index in [2.05, 4.69) is 15.6 Å². The lowest BCUT2D eigenvalue weighted by atomic mass is 9.85. The SMILES string of the molecule is O=C(NCCc1ccccn1)NCC1(O)CCCCC1. The Hall–Kier alpha value is -1.62. The van der Waals surface area contributed by atoms with Crippen LogP contribution in [-0.4, -0.2) is 34.8 Å². The number of nitrogens with zero attached hydrogens (tertiary/aromatic N) is 1. The van der Waals surface area contributed by atoms with Gasteiger partial charge in [0.15, 0.2) is 0 Å². The molecule has 0 atom stereocenters. The Morgan fingerprint density at radius 1 is 1.25 bits per heavy atom. The van der Waals surface area contributed by atoms with E-state index in [-0.39, 0.29) is 6.03 Å². The standard InChI is InChI=1S/C15H23N3O2/c19-14(17-11-7-13-6-2-5-10-16-13)18-12-15(20)8-3-1-4-9-15/h2,5-6,10,20H,1,3-4,7-9,11-12H2,(H2,17,18,19). The number of nitrogens with one attached hydrogen (secondary N) is 2. The molecule has 2 rings (SSSR count). The number of carbonyl (C=O) groups is 1. The van der Waals surface area contributed by atoms with E-state index in [4.69, 9.17) is 0 Å². The van der Waals surface area contributed by atoms with Gasteiger partial charge in [-0.1, -0.05) is 25.3 Å². The molecule has 0 saturated heterocycles. The van der Waals surface area contributed by atoms with Crippen molar-refractivity contribution in [2.24, 2.45) is 0 Å². The first-order valence-corrected chi connectivity index (χ1v) is 7.32. The fourth-order valence-corrected chi connectivity index (χ4v) is 2.54.